The number of benzene rings is 1. The number of aliphatic hydroxyl groups excluding tert-OH is 1. The summed E-state index contributed by atoms with van der Waals surface area (Å²) in [5, 5.41) is 12.5. The maximum Gasteiger partial charge on any atom is 0.0447 e. The maximum absolute atomic E-state index is 8.97. The minimum Gasteiger partial charge on any atom is -0.396 e. The lowest BCUT2D eigenvalue weighted by Gasteiger charge is -2.25. The van der Waals surface area contributed by atoms with Crippen LogP contribution in [-0.4, -0.2) is 30.8 Å². The molecule has 18 heavy (non-hydrogen) atoms. The van der Waals surface area contributed by atoms with Crippen molar-refractivity contribution in [1.82, 2.24) is 5.32 Å². The second-order valence-corrected chi connectivity index (χ2v) is 4.94. The van der Waals surface area contributed by atoms with Gasteiger partial charge in [-0.15, -0.1) is 0 Å². The Morgan fingerprint density at radius 2 is 2.11 bits per heavy atom. The molecule has 1 aromatic rings. The highest BCUT2D eigenvalue weighted by atomic mass is 16.3. The van der Waals surface area contributed by atoms with E-state index in [-0.39, 0.29) is 6.61 Å². The first-order chi connectivity index (χ1) is 8.85. The highest BCUT2D eigenvalue weighted by Gasteiger charge is 2.20. The van der Waals surface area contributed by atoms with Gasteiger partial charge in [-0.2, -0.15) is 0 Å². The van der Waals surface area contributed by atoms with Gasteiger partial charge < -0.3 is 15.3 Å². The summed E-state index contributed by atoms with van der Waals surface area (Å²) in [5.74, 6) is 0. The van der Waals surface area contributed by atoms with Gasteiger partial charge in [-0.05, 0) is 37.8 Å². The largest absolute Gasteiger partial charge is 0.396 e. The van der Waals surface area contributed by atoms with Crippen LogP contribution in [0.5, 0.6) is 0 Å². The number of nitrogens with zero attached hydrogens (tertiary/aromatic N) is 1. The average molecular weight is 248 g/mol. The number of aliphatic hydroxyl groups is 1. The molecule has 0 heterocycles. The van der Waals surface area contributed by atoms with E-state index in [2.05, 4.69) is 41.4 Å². The molecule has 1 aromatic carbocycles. The van der Waals surface area contributed by atoms with Crippen molar-refractivity contribution in [2.45, 2.75) is 38.8 Å². The Bertz CT molecular complexity index is 363. The summed E-state index contributed by atoms with van der Waals surface area (Å²) in [6.45, 7) is 5.30. The monoisotopic (exact) mass is 248 g/mol. The summed E-state index contributed by atoms with van der Waals surface area (Å²) in [7, 11) is 0. The molecular weight excluding hydrogens is 224 g/mol. The van der Waals surface area contributed by atoms with Gasteiger partial charge in [-0.25, -0.2) is 0 Å². The zero-order chi connectivity index (χ0) is 12.8. The van der Waals surface area contributed by atoms with Gasteiger partial charge in [-0.3, -0.25) is 0 Å². The van der Waals surface area contributed by atoms with E-state index in [0.717, 1.165) is 32.1 Å². The van der Waals surface area contributed by atoms with Crippen molar-refractivity contribution < 1.29 is 5.11 Å². The second-order valence-electron chi connectivity index (χ2n) is 4.94. The molecule has 1 aliphatic rings. The van der Waals surface area contributed by atoms with Crippen LogP contribution in [0.2, 0.25) is 0 Å². The number of para-hydroxylation sites is 1. The summed E-state index contributed by atoms with van der Waals surface area (Å²) < 4.78 is 0. The molecule has 2 rings (SSSR count). The minimum absolute atomic E-state index is 0.263. The van der Waals surface area contributed by atoms with Gasteiger partial charge in [0.15, 0.2) is 0 Å². The molecule has 1 fully saturated rings. The van der Waals surface area contributed by atoms with Crippen molar-refractivity contribution in [2.75, 3.05) is 24.6 Å². The molecule has 0 aliphatic heterocycles. The topological polar surface area (TPSA) is 35.5 Å². The third-order valence-corrected chi connectivity index (χ3v) is 3.46. The van der Waals surface area contributed by atoms with Gasteiger partial charge in [0.25, 0.3) is 0 Å². The van der Waals surface area contributed by atoms with Crippen LogP contribution in [0.3, 0.4) is 0 Å². The average Bonchev–Trinajstić information content (AvgIpc) is 3.22. The zero-order valence-corrected chi connectivity index (χ0v) is 11.2. The second kappa shape index (κ2) is 6.76. The molecule has 1 aliphatic carbocycles. The Morgan fingerprint density at radius 3 is 2.78 bits per heavy atom. The Balaban J connectivity index is 2.02. The van der Waals surface area contributed by atoms with Crippen molar-refractivity contribution >= 4 is 5.69 Å². The Kier molecular flexibility index (Phi) is 5.02. The van der Waals surface area contributed by atoms with E-state index in [4.69, 9.17) is 5.11 Å². The van der Waals surface area contributed by atoms with E-state index in [0.29, 0.717) is 0 Å². The number of hydrogen-bond donors (Lipinski definition) is 2. The lowest BCUT2D eigenvalue weighted by atomic mass is 10.1. The van der Waals surface area contributed by atoms with Gasteiger partial charge in [0, 0.05) is 38.0 Å². The fourth-order valence-electron chi connectivity index (χ4n) is 2.22. The van der Waals surface area contributed by atoms with Crippen molar-refractivity contribution in [3.63, 3.8) is 0 Å². The molecule has 0 bridgehead atoms. The lowest BCUT2D eigenvalue weighted by Crippen LogP contribution is -2.27. The maximum atomic E-state index is 8.97. The van der Waals surface area contributed by atoms with Crippen LogP contribution in [0, 0.1) is 0 Å². The van der Waals surface area contributed by atoms with E-state index in [1.165, 1.54) is 24.1 Å². The van der Waals surface area contributed by atoms with Crippen molar-refractivity contribution in [3.05, 3.63) is 29.8 Å². The minimum atomic E-state index is 0.263. The molecular formula is C15H24N2O. The molecule has 0 atom stereocenters. The van der Waals surface area contributed by atoms with Crippen LogP contribution >= 0.6 is 0 Å². The molecule has 0 radical (unpaired) electrons. The highest BCUT2D eigenvalue weighted by molar-refractivity contribution is 5.53. The molecule has 2 N–H and O–H groups in total. The Hall–Kier alpha value is -1.06. The fraction of sp³-hybridized carbons (Fsp3) is 0.600. The van der Waals surface area contributed by atoms with Crippen LogP contribution < -0.4 is 10.2 Å². The van der Waals surface area contributed by atoms with E-state index in [1.54, 1.807) is 0 Å². The molecule has 0 aromatic heterocycles. The van der Waals surface area contributed by atoms with Gasteiger partial charge in [-0.1, -0.05) is 18.2 Å². The van der Waals surface area contributed by atoms with Crippen molar-refractivity contribution in [3.8, 4) is 0 Å². The van der Waals surface area contributed by atoms with Crippen LogP contribution in [-0.2, 0) is 6.54 Å². The molecule has 0 unspecified atom stereocenters. The summed E-state index contributed by atoms with van der Waals surface area (Å²) in [4.78, 5) is 2.35. The Morgan fingerprint density at radius 1 is 1.33 bits per heavy atom. The summed E-state index contributed by atoms with van der Waals surface area (Å²) >= 11 is 0. The van der Waals surface area contributed by atoms with Crippen LogP contribution in [0.15, 0.2) is 24.3 Å². The first-order valence-electron chi connectivity index (χ1n) is 7.02. The Labute approximate surface area is 110 Å². The third kappa shape index (κ3) is 3.72. The highest BCUT2D eigenvalue weighted by Crippen LogP contribution is 2.23. The van der Waals surface area contributed by atoms with E-state index >= 15 is 0 Å². The normalized spacial score (nSPS) is 14.8. The number of rotatable bonds is 8. The first-order valence-corrected chi connectivity index (χ1v) is 7.02. The molecule has 3 heteroatoms. The van der Waals surface area contributed by atoms with Crippen molar-refractivity contribution in [1.29, 1.82) is 0 Å². The lowest BCUT2D eigenvalue weighted by molar-refractivity contribution is 0.289. The van der Waals surface area contributed by atoms with E-state index in [1.807, 2.05) is 0 Å². The smallest absolute Gasteiger partial charge is 0.0447 e. The van der Waals surface area contributed by atoms with Crippen LogP contribution in [0.25, 0.3) is 0 Å². The van der Waals surface area contributed by atoms with Crippen LogP contribution in [0.1, 0.15) is 31.7 Å². The van der Waals surface area contributed by atoms with E-state index < -0.39 is 0 Å². The quantitative estimate of drug-likeness (QED) is 0.740. The van der Waals surface area contributed by atoms with Gasteiger partial charge >= 0.3 is 0 Å². The molecule has 1 saturated carbocycles. The summed E-state index contributed by atoms with van der Waals surface area (Å²) in [5.41, 5.74) is 2.67. The molecule has 0 saturated heterocycles. The standard InChI is InChI=1S/C15H24N2O/c1-2-17(10-5-11-18)15-7-4-3-6-13(15)12-16-14-8-9-14/h3-4,6-7,14,16,18H,2,5,8-12H2,1H3. The predicted octanol–water partition coefficient (Wildman–Crippen LogP) is 2.15. The SMILES string of the molecule is CCN(CCCO)c1ccccc1CNC1CC1. The molecule has 3 nitrogen and oxygen atoms in total. The summed E-state index contributed by atoms with van der Waals surface area (Å²) in [6, 6.07) is 9.33. The van der Waals surface area contributed by atoms with Gasteiger partial charge in [0.2, 0.25) is 0 Å². The zero-order valence-electron chi connectivity index (χ0n) is 11.2. The molecule has 0 spiro atoms. The van der Waals surface area contributed by atoms with E-state index in [9.17, 15) is 0 Å². The number of nitrogens with one attached hydrogen (secondary N) is 1. The first kappa shape index (κ1) is 13.4. The third-order valence-electron chi connectivity index (χ3n) is 3.46. The predicted molar refractivity (Wildman–Crippen MR) is 75.9 cm³/mol. The molecule has 0 amide bonds. The fourth-order valence-corrected chi connectivity index (χ4v) is 2.22. The van der Waals surface area contributed by atoms with Crippen LogP contribution in [0.4, 0.5) is 5.69 Å². The van der Waals surface area contributed by atoms with Gasteiger partial charge in [0.05, 0.1) is 0 Å². The van der Waals surface area contributed by atoms with Crippen molar-refractivity contribution in [2.24, 2.45) is 0 Å². The summed E-state index contributed by atoms with van der Waals surface area (Å²) in [6.07, 6.45) is 3.48. The number of anilines is 1. The number of hydrogen-bond acceptors (Lipinski definition) is 3. The van der Waals surface area contributed by atoms with Gasteiger partial charge in [0.1, 0.15) is 0 Å². The molecule has 100 valence electrons.